The van der Waals surface area contributed by atoms with E-state index in [0.29, 0.717) is 32.4 Å². The minimum absolute atomic E-state index is 0.0712. The minimum Gasteiger partial charge on any atom is -0.444 e. The second-order valence-corrected chi connectivity index (χ2v) is 6.26. The van der Waals surface area contributed by atoms with Crippen LogP contribution in [0.25, 0.3) is 0 Å². The van der Waals surface area contributed by atoms with Crippen LogP contribution in [0.2, 0.25) is 0 Å². The quantitative estimate of drug-likeness (QED) is 0.758. The van der Waals surface area contributed by atoms with Crippen molar-refractivity contribution in [3.8, 4) is 0 Å². The maximum absolute atomic E-state index is 12.7. The Kier molecular flexibility index (Phi) is 7.51. The second-order valence-electron chi connectivity index (χ2n) is 6.26. The molecule has 128 valence electrons. The first-order valence-electron chi connectivity index (χ1n) is 7.74. The van der Waals surface area contributed by atoms with E-state index >= 15 is 0 Å². The summed E-state index contributed by atoms with van der Waals surface area (Å²) in [6, 6.07) is 6.21. The van der Waals surface area contributed by atoms with Crippen LogP contribution in [0.3, 0.4) is 0 Å². The molecule has 0 saturated carbocycles. The molecule has 1 aromatic carbocycles. The maximum atomic E-state index is 12.7. The fraction of sp³-hybridized carbons (Fsp3) is 0.529. The summed E-state index contributed by atoms with van der Waals surface area (Å²) in [5.41, 5.74) is 0.445. The first-order valence-corrected chi connectivity index (χ1v) is 7.74. The van der Waals surface area contributed by atoms with Crippen molar-refractivity contribution in [2.45, 2.75) is 45.6 Å². The molecule has 0 atom stereocenters. The zero-order valence-electron chi connectivity index (χ0n) is 13.9. The molecule has 23 heavy (non-hydrogen) atoms. The highest BCUT2D eigenvalue weighted by molar-refractivity contribution is 5.76. The Hall–Kier alpha value is -2.11. The molecule has 6 heteroatoms. The largest absolute Gasteiger partial charge is 0.444 e. The highest BCUT2D eigenvalue weighted by atomic mass is 19.1. The number of ether oxygens (including phenoxy) is 1. The Labute approximate surface area is 136 Å². The summed E-state index contributed by atoms with van der Waals surface area (Å²) in [6.07, 6.45) is 1.05. The van der Waals surface area contributed by atoms with Gasteiger partial charge in [-0.25, -0.2) is 9.18 Å². The molecule has 1 aromatic rings. The lowest BCUT2D eigenvalue weighted by molar-refractivity contribution is -0.121. The fourth-order valence-corrected chi connectivity index (χ4v) is 1.84. The Balaban J connectivity index is 2.08. The number of carbonyl (C=O) groups is 2. The van der Waals surface area contributed by atoms with Gasteiger partial charge in [-0.1, -0.05) is 12.1 Å². The zero-order chi connectivity index (χ0) is 17.3. The van der Waals surface area contributed by atoms with Crippen LogP contribution in [-0.4, -0.2) is 30.7 Å². The van der Waals surface area contributed by atoms with Gasteiger partial charge < -0.3 is 15.4 Å². The third-order valence-electron chi connectivity index (χ3n) is 2.90. The van der Waals surface area contributed by atoms with Gasteiger partial charge in [0.15, 0.2) is 0 Å². The molecular weight excluding hydrogens is 299 g/mol. The molecule has 0 aliphatic rings. The molecule has 5 nitrogen and oxygen atoms in total. The molecule has 0 spiro atoms. The zero-order valence-corrected chi connectivity index (χ0v) is 13.9. The number of halogens is 1. The van der Waals surface area contributed by atoms with Gasteiger partial charge in [-0.3, -0.25) is 4.79 Å². The van der Waals surface area contributed by atoms with E-state index in [-0.39, 0.29) is 11.7 Å². The smallest absolute Gasteiger partial charge is 0.407 e. The average molecular weight is 324 g/mol. The molecule has 0 bridgehead atoms. The van der Waals surface area contributed by atoms with E-state index in [2.05, 4.69) is 10.6 Å². The molecule has 1 rings (SSSR count). The van der Waals surface area contributed by atoms with Crippen molar-refractivity contribution in [1.29, 1.82) is 0 Å². The van der Waals surface area contributed by atoms with Crippen LogP contribution in [0.5, 0.6) is 0 Å². The number of benzene rings is 1. The Morgan fingerprint density at radius 2 is 1.74 bits per heavy atom. The summed E-state index contributed by atoms with van der Waals surface area (Å²) in [6.45, 7) is 6.27. The third-order valence-corrected chi connectivity index (χ3v) is 2.90. The van der Waals surface area contributed by atoms with Crippen molar-refractivity contribution in [2.75, 3.05) is 13.1 Å². The van der Waals surface area contributed by atoms with Crippen molar-refractivity contribution in [3.05, 3.63) is 35.6 Å². The molecule has 0 heterocycles. The highest BCUT2D eigenvalue weighted by Gasteiger charge is 2.15. The summed E-state index contributed by atoms with van der Waals surface area (Å²) in [5.74, 6) is -0.339. The Morgan fingerprint density at radius 1 is 1.09 bits per heavy atom. The fourth-order valence-electron chi connectivity index (χ4n) is 1.84. The minimum atomic E-state index is -0.526. The predicted molar refractivity (Wildman–Crippen MR) is 86.6 cm³/mol. The molecule has 2 N–H and O–H groups in total. The summed E-state index contributed by atoms with van der Waals surface area (Å²) in [4.78, 5) is 23.0. The number of rotatable bonds is 7. The topological polar surface area (TPSA) is 67.4 Å². The van der Waals surface area contributed by atoms with Gasteiger partial charge in [0.25, 0.3) is 0 Å². The molecule has 2 amide bonds. The number of nitrogens with one attached hydrogen (secondary N) is 2. The highest BCUT2D eigenvalue weighted by Crippen LogP contribution is 2.06. The Bertz CT molecular complexity index is 510. The van der Waals surface area contributed by atoms with Gasteiger partial charge in [-0.05, 0) is 51.3 Å². The summed E-state index contributed by atoms with van der Waals surface area (Å²) in [7, 11) is 0. The molecule has 0 unspecified atom stereocenters. The standard InChI is InChI=1S/C17H25FN2O3/c1-17(2,3)23-16(22)20-11-4-5-15(21)19-12-10-13-6-8-14(18)9-7-13/h6-9H,4-5,10-12H2,1-3H3,(H,19,21)(H,20,22). The summed E-state index contributed by atoms with van der Waals surface area (Å²) < 4.78 is 17.8. The maximum Gasteiger partial charge on any atom is 0.407 e. The van der Waals surface area contributed by atoms with Crippen LogP contribution in [-0.2, 0) is 16.0 Å². The van der Waals surface area contributed by atoms with Gasteiger partial charge in [-0.2, -0.15) is 0 Å². The summed E-state index contributed by atoms with van der Waals surface area (Å²) in [5, 5.41) is 5.40. The molecular formula is C17H25FN2O3. The van der Waals surface area contributed by atoms with Crippen LogP contribution in [0.4, 0.5) is 9.18 Å². The van der Waals surface area contributed by atoms with Crippen LogP contribution < -0.4 is 10.6 Å². The monoisotopic (exact) mass is 324 g/mol. The average Bonchev–Trinajstić information content (AvgIpc) is 2.44. The van der Waals surface area contributed by atoms with Crippen LogP contribution >= 0.6 is 0 Å². The van der Waals surface area contributed by atoms with E-state index < -0.39 is 11.7 Å². The second kappa shape index (κ2) is 9.12. The van der Waals surface area contributed by atoms with Crippen LogP contribution in [0.1, 0.15) is 39.2 Å². The Morgan fingerprint density at radius 3 is 2.35 bits per heavy atom. The van der Waals surface area contributed by atoms with Crippen molar-refractivity contribution in [2.24, 2.45) is 0 Å². The van der Waals surface area contributed by atoms with Crippen LogP contribution in [0.15, 0.2) is 24.3 Å². The van der Waals surface area contributed by atoms with E-state index in [1.165, 1.54) is 12.1 Å². The number of hydrogen-bond acceptors (Lipinski definition) is 3. The normalized spacial score (nSPS) is 11.0. The number of alkyl carbamates (subject to hydrolysis) is 1. The predicted octanol–water partition coefficient (Wildman–Crippen LogP) is 2.79. The van der Waals surface area contributed by atoms with E-state index in [1.54, 1.807) is 32.9 Å². The van der Waals surface area contributed by atoms with Gasteiger partial charge >= 0.3 is 6.09 Å². The van der Waals surface area contributed by atoms with Gasteiger partial charge in [-0.15, -0.1) is 0 Å². The van der Waals surface area contributed by atoms with E-state index in [1.807, 2.05) is 0 Å². The lowest BCUT2D eigenvalue weighted by atomic mass is 10.1. The van der Waals surface area contributed by atoms with E-state index in [9.17, 15) is 14.0 Å². The number of carbonyl (C=O) groups excluding carboxylic acids is 2. The van der Waals surface area contributed by atoms with E-state index in [0.717, 1.165) is 5.56 Å². The van der Waals surface area contributed by atoms with E-state index in [4.69, 9.17) is 4.74 Å². The van der Waals surface area contributed by atoms with Crippen molar-refractivity contribution in [3.63, 3.8) is 0 Å². The molecule has 0 saturated heterocycles. The van der Waals surface area contributed by atoms with Gasteiger partial charge in [0.05, 0.1) is 0 Å². The molecule has 0 aliphatic carbocycles. The van der Waals surface area contributed by atoms with Crippen LogP contribution in [0, 0.1) is 5.82 Å². The number of hydrogen-bond donors (Lipinski definition) is 2. The first-order chi connectivity index (χ1) is 10.8. The van der Waals surface area contributed by atoms with Gasteiger partial charge in [0, 0.05) is 19.5 Å². The molecule has 0 aliphatic heterocycles. The lowest BCUT2D eigenvalue weighted by Gasteiger charge is -2.19. The number of amides is 2. The van der Waals surface area contributed by atoms with Crippen molar-refractivity contribution in [1.82, 2.24) is 10.6 Å². The summed E-state index contributed by atoms with van der Waals surface area (Å²) >= 11 is 0. The van der Waals surface area contributed by atoms with Gasteiger partial charge in [0.1, 0.15) is 11.4 Å². The lowest BCUT2D eigenvalue weighted by Crippen LogP contribution is -2.33. The van der Waals surface area contributed by atoms with Gasteiger partial charge in [0.2, 0.25) is 5.91 Å². The SMILES string of the molecule is CC(C)(C)OC(=O)NCCCC(=O)NCCc1ccc(F)cc1. The molecule has 0 aromatic heterocycles. The van der Waals surface area contributed by atoms with Crippen molar-refractivity contribution < 1.29 is 18.7 Å². The molecule has 0 fully saturated rings. The molecule has 0 radical (unpaired) electrons. The first kappa shape index (κ1) is 18.9. The van der Waals surface area contributed by atoms with Crippen molar-refractivity contribution >= 4 is 12.0 Å². The third kappa shape index (κ3) is 9.50.